The number of benzene rings is 1. The molecule has 1 heterocycles. The molecule has 5 nitrogen and oxygen atoms in total. The molecule has 25 heavy (non-hydrogen) atoms. The molecule has 1 aromatic carbocycles. The van der Waals surface area contributed by atoms with E-state index in [0.717, 1.165) is 24.9 Å². The van der Waals surface area contributed by atoms with Crippen LogP contribution in [0.15, 0.2) is 34.4 Å². The fourth-order valence-corrected chi connectivity index (χ4v) is 4.73. The maximum atomic E-state index is 13.2. The number of rotatable bonds is 6. The molecule has 1 aliphatic carbocycles. The van der Waals surface area contributed by atoms with Crippen molar-refractivity contribution in [1.82, 2.24) is 4.47 Å². The van der Waals surface area contributed by atoms with Crippen LogP contribution in [0.25, 0.3) is 0 Å². The zero-order chi connectivity index (χ0) is 18.4. The molecule has 0 radical (unpaired) electrons. The van der Waals surface area contributed by atoms with Gasteiger partial charge < -0.3 is 4.84 Å². The van der Waals surface area contributed by atoms with Gasteiger partial charge in [-0.05, 0) is 49.9 Å². The predicted octanol–water partition coefficient (Wildman–Crippen LogP) is 3.89. The molecule has 0 N–H and O–H groups in total. The molecule has 3 rings (SSSR count). The fraction of sp³-hybridized carbons (Fsp3) is 0.471. The average Bonchev–Trinajstić information content (AvgIpc) is 3.32. The van der Waals surface area contributed by atoms with Crippen molar-refractivity contribution in [2.24, 2.45) is 5.92 Å². The van der Waals surface area contributed by atoms with Crippen LogP contribution in [0.4, 0.5) is 0 Å². The van der Waals surface area contributed by atoms with Gasteiger partial charge in [-0.15, -0.1) is 0 Å². The lowest BCUT2D eigenvalue weighted by atomic mass is 9.96. The summed E-state index contributed by atoms with van der Waals surface area (Å²) in [5, 5.41) is 0.284. The molecule has 8 heteroatoms. The van der Waals surface area contributed by atoms with Crippen molar-refractivity contribution >= 4 is 39.2 Å². The Bertz CT molecular complexity index is 846. The molecule has 2 aliphatic rings. The molecule has 1 fully saturated rings. The summed E-state index contributed by atoms with van der Waals surface area (Å²) in [6, 6.07) is 4.12. The van der Waals surface area contributed by atoms with E-state index < -0.39 is 9.84 Å². The van der Waals surface area contributed by atoms with Crippen LogP contribution < -0.4 is 0 Å². The number of nitrogens with zero attached hydrogens (tertiary/aromatic N) is 1. The van der Waals surface area contributed by atoms with Crippen LogP contribution in [-0.2, 0) is 14.7 Å². The van der Waals surface area contributed by atoms with Gasteiger partial charge >= 0.3 is 0 Å². The van der Waals surface area contributed by atoms with Crippen molar-refractivity contribution in [2.75, 3.05) is 12.0 Å². The molecule has 0 bridgehead atoms. The highest BCUT2D eigenvalue weighted by Crippen LogP contribution is 2.46. The third kappa shape index (κ3) is 3.74. The van der Waals surface area contributed by atoms with E-state index in [2.05, 4.69) is 0 Å². The number of hydrogen-bond acceptors (Lipinski definition) is 6. The number of halogens is 1. The van der Waals surface area contributed by atoms with Gasteiger partial charge in [-0.2, -0.15) is 0 Å². The SMILES string of the molecule is CCSN1OC(C2CC2)=C(C(=O)c2ccc(Cl)cc2S(C)(=O)=O)C1C. The molecule has 1 atom stereocenters. The smallest absolute Gasteiger partial charge is 0.195 e. The topological polar surface area (TPSA) is 63.7 Å². The minimum atomic E-state index is -3.58. The Morgan fingerprint density at radius 1 is 1.40 bits per heavy atom. The van der Waals surface area contributed by atoms with E-state index in [1.165, 1.54) is 24.1 Å². The van der Waals surface area contributed by atoms with Crippen molar-refractivity contribution < 1.29 is 18.0 Å². The van der Waals surface area contributed by atoms with Gasteiger partial charge in [0, 0.05) is 28.5 Å². The highest BCUT2D eigenvalue weighted by molar-refractivity contribution is 7.96. The van der Waals surface area contributed by atoms with Crippen LogP contribution in [0.3, 0.4) is 0 Å². The van der Waals surface area contributed by atoms with E-state index in [9.17, 15) is 13.2 Å². The number of allylic oxidation sites excluding steroid dienone is 1. The molecule has 1 aromatic rings. The number of Topliss-reactive ketones (excluding diaryl/α,β-unsaturated/α-hetero) is 1. The first-order valence-corrected chi connectivity index (χ1v) is 11.3. The summed E-state index contributed by atoms with van der Waals surface area (Å²) in [7, 11) is -3.58. The van der Waals surface area contributed by atoms with Gasteiger partial charge in [0.05, 0.1) is 16.5 Å². The minimum Gasteiger partial charge on any atom is -0.398 e. The van der Waals surface area contributed by atoms with Gasteiger partial charge in [0.1, 0.15) is 5.76 Å². The summed E-state index contributed by atoms with van der Waals surface area (Å²) in [5.41, 5.74) is 0.703. The largest absolute Gasteiger partial charge is 0.398 e. The highest BCUT2D eigenvalue weighted by atomic mass is 35.5. The van der Waals surface area contributed by atoms with Gasteiger partial charge in [0.15, 0.2) is 15.6 Å². The van der Waals surface area contributed by atoms with Crippen molar-refractivity contribution in [1.29, 1.82) is 0 Å². The number of hydrogen-bond donors (Lipinski definition) is 0. The fourth-order valence-electron chi connectivity index (χ4n) is 2.88. The third-order valence-corrected chi connectivity index (χ3v) is 6.50. The first kappa shape index (κ1) is 18.8. The Balaban J connectivity index is 2.07. The van der Waals surface area contributed by atoms with Gasteiger partial charge in [0.2, 0.25) is 0 Å². The number of hydroxylamine groups is 1. The lowest BCUT2D eigenvalue weighted by Gasteiger charge is -2.19. The summed E-state index contributed by atoms with van der Waals surface area (Å²) in [6.45, 7) is 3.92. The Kier molecular flexibility index (Phi) is 5.21. The minimum absolute atomic E-state index is 0.0403. The Hall–Kier alpha value is -1.02. The highest BCUT2D eigenvalue weighted by Gasteiger charge is 2.43. The summed E-state index contributed by atoms with van der Waals surface area (Å²) < 4.78 is 26.0. The first-order chi connectivity index (χ1) is 11.7. The van der Waals surface area contributed by atoms with E-state index in [0.29, 0.717) is 11.3 Å². The Morgan fingerprint density at radius 3 is 2.64 bits per heavy atom. The summed E-state index contributed by atoms with van der Waals surface area (Å²) in [6.07, 6.45) is 3.06. The lowest BCUT2D eigenvalue weighted by Crippen LogP contribution is -2.25. The number of ketones is 1. The van der Waals surface area contributed by atoms with Crippen molar-refractivity contribution in [3.63, 3.8) is 0 Å². The number of sulfone groups is 1. The molecule has 1 aliphatic heterocycles. The first-order valence-electron chi connectivity index (χ1n) is 8.12. The molecule has 136 valence electrons. The zero-order valence-electron chi connectivity index (χ0n) is 14.3. The number of carbonyl (C=O) groups excluding carboxylic acids is 1. The van der Waals surface area contributed by atoms with E-state index >= 15 is 0 Å². The molecule has 0 saturated heterocycles. The maximum Gasteiger partial charge on any atom is 0.195 e. The normalized spacial score (nSPS) is 21.5. The van der Waals surface area contributed by atoms with E-state index in [1.807, 2.05) is 13.8 Å². The molecule has 1 unspecified atom stereocenters. The maximum absolute atomic E-state index is 13.2. The predicted molar refractivity (Wildman–Crippen MR) is 99.2 cm³/mol. The van der Waals surface area contributed by atoms with Crippen molar-refractivity contribution in [2.45, 2.75) is 37.6 Å². The van der Waals surface area contributed by atoms with Gasteiger partial charge in [0.25, 0.3) is 0 Å². The summed E-state index contributed by atoms with van der Waals surface area (Å²) in [5.74, 6) is 1.45. The van der Waals surface area contributed by atoms with Gasteiger partial charge in [-0.1, -0.05) is 23.0 Å². The van der Waals surface area contributed by atoms with Crippen LogP contribution in [0, 0.1) is 5.92 Å². The van der Waals surface area contributed by atoms with Crippen LogP contribution in [0.1, 0.15) is 37.0 Å². The quantitative estimate of drug-likeness (QED) is 0.532. The van der Waals surface area contributed by atoms with Crippen LogP contribution in [0.5, 0.6) is 0 Å². The molecule has 0 spiro atoms. The average molecular weight is 402 g/mol. The van der Waals surface area contributed by atoms with E-state index in [-0.39, 0.29) is 33.2 Å². The van der Waals surface area contributed by atoms with Crippen LogP contribution in [-0.4, -0.2) is 36.7 Å². The second-order valence-corrected chi connectivity index (χ2v) is 9.88. The number of carbonyl (C=O) groups is 1. The van der Waals surface area contributed by atoms with E-state index in [1.54, 1.807) is 10.5 Å². The van der Waals surface area contributed by atoms with Gasteiger partial charge in [-0.3, -0.25) is 4.79 Å². The second-order valence-electron chi connectivity index (χ2n) is 6.26. The molecular formula is C17H20ClNO4S2. The second kappa shape index (κ2) is 6.95. The van der Waals surface area contributed by atoms with Crippen molar-refractivity contribution in [3.8, 4) is 0 Å². The summed E-state index contributed by atoms with van der Waals surface area (Å²) in [4.78, 5) is 19.1. The Labute approximate surface area is 157 Å². The molecule has 0 aromatic heterocycles. The third-order valence-electron chi connectivity index (χ3n) is 4.22. The lowest BCUT2D eigenvalue weighted by molar-refractivity contribution is -0.0212. The molecule has 1 saturated carbocycles. The monoisotopic (exact) mass is 401 g/mol. The molecule has 0 amide bonds. The summed E-state index contributed by atoms with van der Waals surface area (Å²) >= 11 is 7.45. The van der Waals surface area contributed by atoms with E-state index in [4.69, 9.17) is 16.4 Å². The van der Waals surface area contributed by atoms with Crippen molar-refractivity contribution in [3.05, 3.63) is 40.1 Å². The molecular weight excluding hydrogens is 382 g/mol. The van der Waals surface area contributed by atoms with Crippen LogP contribution in [0.2, 0.25) is 5.02 Å². The standard InChI is InChI=1S/C17H20ClNO4S2/c1-4-24-19-10(2)15(17(23-19)11-5-6-11)16(20)13-8-7-12(18)9-14(13)25(3,21)22/h7-11H,4-6H2,1-3H3. The van der Waals surface area contributed by atoms with Crippen LogP contribution >= 0.6 is 23.5 Å². The Morgan fingerprint density at radius 2 is 2.08 bits per heavy atom. The zero-order valence-corrected chi connectivity index (χ0v) is 16.7. The van der Waals surface area contributed by atoms with Gasteiger partial charge in [-0.25, -0.2) is 8.42 Å².